The van der Waals surface area contributed by atoms with Crippen LogP contribution in [0.4, 0.5) is 0 Å². The molecule has 94 valence electrons. The van der Waals surface area contributed by atoms with Crippen molar-refractivity contribution in [2.45, 2.75) is 18.7 Å². The summed E-state index contributed by atoms with van der Waals surface area (Å²) in [7, 11) is -3.61. The maximum atomic E-state index is 12.1. The van der Waals surface area contributed by atoms with Crippen molar-refractivity contribution in [3.05, 3.63) is 46.4 Å². The normalized spacial score (nSPS) is 17.0. The van der Waals surface area contributed by atoms with Crippen molar-refractivity contribution in [3.63, 3.8) is 0 Å². The highest BCUT2D eigenvalue weighted by Crippen LogP contribution is 2.35. The Bertz CT molecular complexity index is 712. The largest absolute Gasteiger partial charge is 0.366 e. The van der Waals surface area contributed by atoms with Gasteiger partial charge in [0.2, 0.25) is 15.7 Å². The average Bonchev–Trinajstić information content (AvgIpc) is 2.25. The third-order valence-corrected chi connectivity index (χ3v) is 4.75. The van der Waals surface area contributed by atoms with Gasteiger partial charge in [0.1, 0.15) is 0 Å². The van der Waals surface area contributed by atoms with Crippen LogP contribution in [-0.2, 0) is 9.84 Å². The highest BCUT2D eigenvalue weighted by atomic mass is 32.2. The van der Waals surface area contributed by atoms with Crippen molar-refractivity contribution in [2.75, 3.05) is 0 Å². The summed E-state index contributed by atoms with van der Waals surface area (Å²) in [5.74, 6) is -0.636. The molecule has 1 amide bonds. The van der Waals surface area contributed by atoms with Crippen LogP contribution in [0.5, 0.6) is 0 Å². The number of allylic oxidation sites excluding steroid dienone is 2. The lowest BCUT2D eigenvalue weighted by Gasteiger charge is -2.19. The van der Waals surface area contributed by atoms with E-state index in [2.05, 4.69) is 6.58 Å². The molecule has 0 spiro atoms. The smallest absolute Gasteiger partial charge is 0.249 e. The van der Waals surface area contributed by atoms with Gasteiger partial charge in [-0.25, -0.2) is 8.42 Å². The second-order valence-corrected chi connectivity index (χ2v) is 6.30. The van der Waals surface area contributed by atoms with Crippen LogP contribution in [0.3, 0.4) is 0 Å². The Morgan fingerprint density at radius 2 is 1.89 bits per heavy atom. The first-order valence-corrected chi connectivity index (χ1v) is 6.80. The first-order chi connectivity index (χ1) is 8.25. The van der Waals surface area contributed by atoms with Crippen LogP contribution in [0, 0.1) is 6.92 Å². The fourth-order valence-electron chi connectivity index (χ4n) is 2.02. The van der Waals surface area contributed by atoms with Crippen molar-refractivity contribution in [2.24, 2.45) is 5.73 Å². The number of hydrogen-bond acceptors (Lipinski definition) is 3. The lowest BCUT2D eigenvalue weighted by atomic mass is 9.99. The van der Waals surface area contributed by atoms with E-state index in [-0.39, 0.29) is 15.4 Å². The summed E-state index contributed by atoms with van der Waals surface area (Å²) >= 11 is 0. The van der Waals surface area contributed by atoms with Crippen LogP contribution in [-0.4, -0.2) is 14.3 Å². The molecular formula is C13H13NO3S. The first-order valence-electron chi connectivity index (χ1n) is 5.32. The van der Waals surface area contributed by atoms with Gasteiger partial charge in [0.15, 0.2) is 0 Å². The number of fused-ring (bicyclic) bond motifs is 1. The van der Waals surface area contributed by atoms with Gasteiger partial charge in [-0.3, -0.25) is 4.79 Å². The molecule has 1 aromatic carbocycles. The van der Waals surface area contributed by atoms with Crippen molar-refractivity contribution in [1.29, 1.82) is 0 Å². The number of benzene rings is 1. The monoisotopic (exact) mass is 263 g/mol. The second kappa shape index (κ2) is 3.81. The first kappa shape index (κ1) is 12.6. The van der Waals surface area contributed by atoms with Crippen molar-refractivity contribution < 1.29 is 13.2 Å². The van der Waals surface area contributed by atoms with Crippen LogP contribution < -0.4 is 5.73 Å². The SMILES string of the molecule is C=C1C=C(C)c2cc(C)c(C(N)=O)cc2S1(=O)=O. The molecule has 4 nitrogen and oxygen atoms in total. The van der Waals surface area contributed by atoms with Crippen LogP contribution in [0.25, 0.3) is 5.57 Å². The Morgan fingerprint density at radius 3 is 2.44 bits per heavy atom. The summed E-state index contributed by atoms with van der Waals surface area (Å²) in [6.07, 6.45) is 1.53. The van der Waals surface area contributed by atoms with Gasteiger partial charge in [0.25, 0.3) is 0 Å². The molecule has 5 heteroatoms. The van der Waals surface area contributed by atoms with Gasteiger partial charge >= 0.3 is 0 Å². The minimum absolute atomic E-state index is 0.0340. The molecule has 18 heavy (non-hydrogen) atoms. The van der Waals surface area contributed by atoms with E-state index in [4.69, 9.17) is 5.73 Å². The van der Waals surface area contributed by atoms with Crippen LogP contribution in [0.15, 0.2) is 34.6 Å². The molecule has 2 rings (SSSR count). The average molecular weight is 263 g/mol. The quantitative estimate of drug-likeness (QED) is 0.839. The molecule has 1 aliphatic heterocycles. The topological polar surface area (TPSA) is 77.2 Å². The highest BCUT2D eigenvalue weighted by molar-refractivity contribution is 7.95. The zero-order chi connectivity index (χ0) is 13.7. The van der Waals surface area contributed by atoms with E-state index in [9.17, 15) is 13.2 Å². The maximum absolute atomic E-state index is 12.1. The van der Waals surface area contributed by atoms with Crippen molar-refractivity contribution >= 4 is 21.3 Å². The predicted molar refractivity (Wildman–Crippen MR) is 69.7 cm³/mol. The number of carbonyl (C=O) groups excluding carboxylic acids is 1. The van der Waals surface area contributed by atoms with E-state index in [0.717, 1.165) is 5.57 Å². The second-order valence-electron chi connectivity index (χ2n) is 4.32. The van der Waals surface area contributed by atoms with Gasteiger partial charge in [-0.05, 0) is 48.8 Å². The molecule has 0 radical (unpaired) electrons. The molecule has 0 atom stereocenters. The van der Waals surface area contributed by atoms with E-state index >= 15 is 0 Å². The number of primary amides is 1. The standard InChI is InChI=1S/C13H13NO3S/c1-7-4-9(3)18(16,17)12-6-11(13(14)15)8(2)5-10(7)12/h4-6H,3H2,1-2H3,(H2,14,15). The number of amides is 1. The zero-order valence-corrected chi connectivity index (χ0v) is 11.0. The summed E-state index contributed by atoms with van der Waals surface area (Å²) < 4.78 is 24.3. The van der Waals surface area contributed by atoms with Gasteiger partial charge in [-0.2, -0.15) is 0 Å². The highest BCUT2D eigenvalue weighted by Gasteiger charge is 2.28. The van der Waals surface area contributed by atoms with E-state index in [0.29, 0.717) is 11.1 Å². The number of aryl methyl sites for hydroxylation is 1. The minimum atomic E-state index is -3.61. The van der Waals surface area contributed by atoms with Crippen LogP contribution in [0.1, 0.15) is 28.4 Å². The van der Waals surface area contributed by atoms with Gasteiger partial charge < -0.3 is 5.73 Å². The molecule has 1 heterocycles. The van der Waals surface area contributed by atoms with Gasteiger partial charge in [0.05, 0.1) is 9.80 Å². The maximum Gasteiger partial charge on any atom is 0.249 e. The van der Waals surface area contributed by atoms with Crippen LogP contribution in [0.2, 0.25) is 0 Å². The number of hydrogen-bond donors (Lipinski definition) is 1. The van der Waals surface area contributed by atoms with Crippen LogP contribution >= 0.6 is 0 Å². The molecule has 0 unspecified atom stereocenters. The third kappa shape index (κ3) is 1.67. The fraction of sp³-hybridized carbons (Fsp3) is 0.154. The van der Waals surface area contributed by atoms with E-state index in [1.807, 2.05) is 6.92 Å². The summed E-state index contributed by atoms with van der Waals surface area (Å²) in [5.41, 5.74) is 7.53. The predicted octanol–water partition coefficient (Wildman–Crippen LogP) is 1.80. The fourth-order valence-corrected chi connectivity index (χ4v) is 3.42. The van der Waals surface area contributed by atoms with E-state index < -0.39 is 15.7 Å². The Kier molecular flexibility index (Phi) is 2.66. The molecular weight excluding hydrogens is 250 g/mol. The Labute approximate surface area is 106 Å². The lowest BCUT2D eigenvalue weighted by molar-refractivity contribution is 0.0999. The molecule has 2 N–H and O–H groups in total. The van der Waals surface area contributed by atoms with E-state index in [1.54, 1.807) is 13.0 Å². The van der Waals surface area contributed by atoms with Gasteiger partial charge in [-0.1, -0.05) is 6.58 Å². The Balaban J connectivity index is 2.88. The van der Waals surface area contributed by atoms with Gasteiger partial charge in [-0.15, -0.1) is 0 Å². The summed E-state index contributed by atoms with van der Waals surface area (Å²) in [6, 6.07) is 3.01. The Hall–Kier alpha value is -1.88. The molecule has 0 fully saturated rings. The summed E-state index contributed by atoms with van der Waals surface area (Å²) in [4.78, 5) is 11.4. The molecule has 0 aliphatic carbocycles. The molecule has 0 saturated heterocycles. The van der Waals surface area contributed by atoms with Crippen molar-refractivity contribution in [3.8, 4) is 0 Å². The number of carbonyl (C=O) groups is 1. The lowest BCUT2D eigenvalue weighted by Crippen LogP contribution is -2.17. The Morgan fingerprint density at radius 1 is 1.28 bits per heavy atom. The van der Waals surface area contributed by atoms with E-state index in [1.165, 1.54) is 12.1 Å². The summed E-state index contributed by atoms with van der Waals surface area (Å²) in [5, 5.41) is 0. The molecule has 0 bridgehead atoms. The number of nitrogens with two attached hydrogens (primary N) is 1. The zero-order valence-electron chi connectivity index (χ0n) is 10.1. The number of sulfone groups is 1. The number of rotatable bonds is 1. The summed E-state index contributed by atoms with van der Waals surface area (Å²) in [6.45, 7) is 7.07. The molecule has 0 saturated carbocycles. The molecule has 1 aliphatic rings. The molecule has 1 aromatic rings. The van der Waals surface area contributed by atoms with Crippen molar-refractivity contribution in [1.82, 2.24) is 0 Å². The molecule has 0 aromatic heterocycles. The third-order valence-electron chi connectivity index (χ3n) is 3.03. The minimum Gasteiger partial charge on any atom is -0.366 e. The van der Waals surface area contributed by atoms with Gasteiger partial charge in [0, 0.05) is 5.56 Å².